The summed E-state index contributed by atoms with van der Waals surface area (Å²) in [5.74, 6) is -1.10. The van der Waals surface area contributed by atoms with Gasteiger partial charge in [0.2, 0.25) is 0 Å². The molecule has 2 amide bonds. The number of hydrogen-bond donors (Lipinski definition) is 2. The molecule has 29 heavy (non-hydrogen) atoms. The maximum absolute atomic E-state index is 13.6. The number of aryl methyl sites for hydroxylation is 1. The van der Waals surface area contributed by atoms with Crippen LogP contribution in [0, 0.1) is 19.7 Å². The molecule has 0 aliphatic rings. The standard InChI is InChI=1S/C23H22FN3O2/c1-15-7-5-10-19(16(15)2)27-23(29)21-12-6-11-20(26-21)22(28)25-14-13-17-8-3-4-9-18(17)24/h3-12H,13-14H2,1-2H3,(H,25,28)(H,27,29). The SMILES string of the molecule is Cc1cccc(NC(=O)c2cccc(C(=O)NCCc3ccccc3F)n2)c1C. The van der Waals surface area contributed by atoms with Gasteiger partial charge in [0.1, 0.15) is 17.2 Å². The average Bonchev–Trinajstić information content (AvgIpc) is 2.73. The molecule has 0 fully saturated rings. The predicted octanol–water partition coefficient (Wildman–Crippen LogP) is 4.06. The molecule has 0 saturated carbocycles. The molecular weight excluding hydrogens is 369 g/mol. The Morgan fingerprint density at radius 3 is 2.34 bits per heavy atom. The topological polar surface area (TPSA) is 71.1 Å². The first-order chi connectivity index (χ1) is 14.0. The zero-order valence-electron chi connectivity index (χ0n) is 16.3. The van der Waals surface area contributed by atoms with Crippen LogP contribution in [0.15, 0.2) is 60.7 Å². The maximum atomic E-state index is 13.6. The zero-order valence-corrected chi connectivity index (χ0v) is 16.3. The monoisotopic (exact) mass is 391 g/mol. The lowest BCUT2D eigenvalue weighted by atomic mass is 10.1. The molecule has 0 aliphatic heterocycles. The van der Waals surface area contributed by atoms with E-state index in [-0.39, 0.29) is 29.7 Å². The van der Waals surface area contributed by atoms with Crippen LogP contribution >= 0.6 is 0 Å². The number of amides is 2. The number of halogens is 1. The van der Waals surface area contributed by atoms with Gasteiger partial charge in [0, 0.05) is 12.2 Å². The predicted molar refractivity (Wildman–Crippen MR) is 111 cm³/mol. The van der Waals surface area contributed by atoms with Gasteiger partial charge in [0.25, 0.3) is 11.8 Å². The minimum Gasteiger partial charge on any atom is -0.350 e. The van der Waals surface area contributed by atoms with Gasteiger partial charge >= 0.3 is 0 Å². The molecule has 3 rings (SSSR count). The van der Waals surface area contributed by atoms with E-state index >= 15 is 0 Å². The number of benzene rings is 2. The van der Waals surface area contributed by atoms with E-state index in [1.54, 1.807) is 30.3 Å². The molecule has 3 aromatic rings. The summed E-state index contributed by atoms with van der Waals surface area (Å²) in [5.41, 5.74) is 3.56. The van der Waals surface area contributed by atoms with Crippen molar-refractivity contribution < 1.29 is 14.0 Å². The highest BCUT2D eigenvalue weighted by Crippen LogP contribution is 2.18. The first-order valence-electron chi connectivity index (χ1n) is 9.32. The molecule has 6 heteroatoms. The van der Waals surface area contributed by atoms with Crippen LogP contribution in [0.4, 0.5) is 10.1 Å². The van der Waals surface area contributed by atoms with Crippen molar-refractivity contribution in [3.63, 3.8) is 0 Å². The Balaban J connectivity index is 1.63. The third-order valence-electron chi connectivity index (χ3n) is 4.70. The van der Waals surface area contributed by atoms with Crippen LogP contribution in [0.1, 0.15) is 37.7 Å². The van der Waals surface area contributed by atoms with Crippen molar-refractivity contribution in [2.75, 3.05) is 11.9 Å². The molecule has 0 aliphatic carbocycles. The lowest BCUT2D eigenvalue weighted by molar-refractivity contribution is 0.0949. The molecule has 0 bridgehead atoms. The van der Waals surface area contributed by atoms with E-state index < -0.39 is 5.91 Å². The van der Waals surface area contributed by atoms with E-state index in [1.807, 2.05) is 32.0 Å². The largest absolute Gasteiger partial charge is 0.350 e. The van der Waals surface area contributed by atoms with Gasteiger partial charge in [-0.1, -0.05) is 36.4 Å². The van der Waals surface area contributed by atoms with Crippen molar-refractivity contribution in [1.29, 1.82) is 0 Å². The van der Waals surface area contributed by atoms with Crippen LogP contribution in [0.2, 0.25) is 0 Å². The first-order valence-corrected chi connectivity index (χ1v) is 9.32. The number of carbonyl (C=O) groups is 2. The minimum absolute atomic E-state index is 0.132. The molecule has 5 nitrogen and oxygen atoms in total. The van der Waals surface area contributed by atoms with Gasteiger partial charge in [-0.15, -0.1) is 0 Å². The van der Waals surface area contributed by atoms with Crippen molar-refractivity contribution in [2.24, 2.45) is 0 Å². The second-order valence-electron chi connectivity index (χ2n) is 6.71. The van der Waals surface area contributed by atoms with Gasteiger partial charge in [-0.25, -0.2) is 9.37 Å². The Bertz CT molecular complexity index is 1050. The number of anilines is 1. The van der Waals surface area contributed by atoms with E-state index in [0.717, 1.165) is 11.1 Å². The van der Waals surface area contributed by atoms with Crippen molar-refractivity contribution in [2.45, 2.75) is 20.3 Å². The number of carbonyl (C=O) groups excluding carboxylic acids is 2. The highest BCUT2D eigenvalue weighted by atomic mass is 19.1. The summed E-state index contributed by atoms with van der Waals surface area (Å²) in [6, 6.07) is 16.8. The maximum Gasteiger partial charge on any atom is 0.274 e. The van der Waals surface area contributed by atoms with Crippen LogP contribution < -0.4 is 10.6 Å². The molecule has 1 aromatic heterocycles. The number of pyridine rings is 1. The molecule has 0 saturated heterocycles. The molecule has 0 radical (unpaired) electrons. The Morgan fingerprint density at radius 1 is 0.897 bits per heavy atom. The number of aromatic nitrogens is 1. The van der Waals surface area contributed by atoms with Crippen molar-refractivity contribution >= 4 is 17.5 Å². The Morgan fingerprint density at radius 2 is 1.59 bits per heavy atom. The van der Waals surface area contributed by atoms with Crippen LogP contribution in [0.25, 0.3) is 0 Å². The van der Waals surface area contributed by atoms with E-state index in [0.29, 0.717) is 17.7 Å². The number of nitrogens with zero attached hydrogens (tertiary/aromatic N) is 1. The van der Waals surface area contributed by atoms with Gasteiger partial charge in [-0.2, -0.15) is 0 Å². The van der Waals surface area contributed by atoms with E-state index in [2.05, 4.69) is 15.6 Å². The average molecular weight is 391 g/mol. The van der Waals surface area contributed by atoms with E-state index in [1.165, 1.54) is 12.1 Å². The summed E-state index contributed by atoms with van der Waals surface area (Å²) in [7, 11) is 0. The van der Waals surface area contributed by atoms with E-state index in [9.17, 15) is 14.0 Å². The van der Waals surface area contributed by atoms with Gasteiger partial charge < -0.3 is 10.6 Å². The molecule has 1 heterocycles. The molecule has 148 valence electrons. The lowest BCUT2D eigenvalue weighted by Crippen LogP contribution is -2.27. The molecular formula is C23H22FN3O2. The Kier molecular flexibility index (Phi) is 6.34. The molecule has 0 unspecified atom stereocenters. The molecule has 2 N–H and O–H groups in total. The van der Waals surface area contributed by atoms with Crippen LogP contribution in [0.3, 0.4) is 0 Å². The van der Waals surface area contributed by atoms with Gasteiger partial charge in [0.05, 0.1) is 0 Å². The van der Waals surface area contributed by atoms with Crippen LogP contribution in [0.5, 0.6) is 0 Å². The smallest absolute Gasteiger partial charge is 0.274 e. The molecule has 0 atom stereocenters. The fourth-order valence-electron chi connectivity index (χ4n) is 2.86. The highest BCUT2D eigenvalue weighted by Gasteiger charge is 2.14. The second kappa shape index (κ2) is 9.10. The summed E-state index contributed by atoms with van der Waals surface area (Å²) >= 11 is 0. The highest BCUT2D eigenvalue weighted by molar-refractivity contribution is 6.04. The number of hydrogen-bond acceptors (Lipinski definition) is 3. The summed E-state index contributed by atoms with van der Waals surface area (Å²) in [5, 5.41) is 5.54. The third kappa shape index (κ3) is 5.04. The number of nitrogens with one attached hydrogen (secondary N) is 2. The molecule has 0 spiro atoms. The Hall–Kier alpha value is -3.54. The van der Waals surface area contributed by atoms with Gasteiger partial charge in [-0.3, -0.25) is 9.59 Å². The van der Waals surface area contributed by atoms with Crippen molar-refractivity contribution in [1.82, 2.24) is 10.3 Å². The normalized spacial score (nSPS) is 10.4. The number of rotatable bonds is 6. The fourth-order valence-corrected chi connectivity index (χ4v) is 2.86. The van der Waals surface area contributed by atoms with Crippen LogP contribution in [-0.2, 0) is 6.42 Å². The van der Waals surface area contributed by atoms with E-state index in [4.69, 9.17) is 0 Å². The van der Waals surface area contributed by atoms with Crippen LogP contribution in [-0.4, -0.2) is 23.3 Å². The quantitative estimate of drug-likeness (QED) is 0.666. The van der Waals surface area contributed by atoms with Gasteiger partial charge in [0.15, 0.2) is 0 Å². The first kappa shape index (κ1) is 20.2. The lowest BCUT2D eigenvalue weighted by Gasteiger charge is -2.10. The van der Waals surface area contributed by atoms with Crippen molar-refractivity contribution in [3.8, 4) is 0 Å². The third-order valence-corrected chi connectivity index (χ3v) is 4.70. The second-order valence-corrected chi connectivity index (χ2v) is 6.71. The summed E-state index contributed by atoms with van der Waals surface area (Å²) in [6.45, 7) is 4.16. The summed E-state index contributed by atoms with van der Waals surface area (Å²) < 4.78 is 13.6. The van der Waals surface area contributed by atoms with Crippen molar-refractivity contribution in [3.05, 3.63) is 94.6 Å². The Labute approximate surface area is 169 Å². The fraction of sp³-hybridized carbons (Fsp3) is 0.174. The minimum atomic E-state index is -0.414. The van der Waals surface area contributed by atoms with Gasteiger partial charge in [-0.05, 0) is 61.2 Å². The summed E-state index contributed by atoms with van der Waals surface area (Å²) in [6.07, 6.45) is 0.366. The molecule has 2 aromatic carbocycles. The zero-order chi connectivity index (χ0) is 20.8. The summed E-state index contributed by atoms with van der Waals surface area (Å²) in [4.78, 5) is 29.1.